The zero-order chi connectivity index (χ0) is 24.4. The van der Waals surface area contributed by atoms with Gasteiger partial charge in [-0.25, -0.2) is 9.97 Å². The SMILES string of the molecule is Cc1ccc(C(C)NC(=O)c2ccc(Nc3ncc4c(n3)-c3ccccc3NC(=O)C4)cc2)cc1. The van der Waals surface area contributed by atoms with Crippen LogP contribution in [-0.4, -0.2) is 21.8 Å². The molecule has 4 aromatic rings. The zero-order valence-corrected chi connectivity index (χ0v) is 19.5. The number of fused-ring (bicyclic) bond motifs is 3. The van der Waals surface area contributed by atoms with Crippen molar-refractivity contribution in [3.8, 4) is 11.3 Å². The molecule has 1 aliphatic heterocycles. The van der Waals surface area contributed by atoms with Gasteiger partial charge in [-0.05, 0) is 49.7 Å². The Morgan fingerprint density at radius 3 is 2.51 bits per heavy atom. The fourth-order valence-electron chi connectivity index (χ4n) is 4.05. The number of benzene rings is 3. The van der Waals surface area contributed by atoms with E-state index in [9.17, 15) is 9.59 Å². The molecule has 0 spiro atoms. The fourth-order valence-corrected chi connectivity index (χ4v) is 4.05. The van der Waals surface area contributed by atoms with Gasteiger partial charge in [0.25, 0.3) is 5.91 Å². The van der Waals surface area contributed by atoms with Crippen LogP contribution in [0.15, 0.2) is 79.0 Å². The lowest BCUT2D eigenvalue weighted by atomic mass is 10.1. The molecule has 2 amide bonds. The second-order valence-corrected chi connectivity index (χ2v) is 8.65. The Kier molecular flexibility index (Phi) is 5.97. The Morgan fingerprint density at radius 1 is 1.00 bits per heavy atom. The summed E-state index contributed by atoms with van der Waals surface area (Å²) in [7, 11) is 0. The van der Waals surface area contributed by atoms with Crippen LogP contribution in [-0.2, 0) is 11.2 Å². The first-order chi connectivity index (χ1) is 17.0. The highest BCUT2D eigenvalue weighted by Crippen LogP contribution is 2.32. The minimum Gasteiger partial charge on any atom is -0.346 e. The van der Waals surface area contributed by atoms with Gasteiger partial charge in [-0.3, -0.25) is 9.59 Å². The van der Waals surface area contributed by atoms with Gasteiger partial charge in [-0.15, -0.1) is 0 Å². The summed E-state index contributed by atoms with van der Waals surface area (Å²) in [4.78, 5) is 34.0. The van der Waals surface area contributed by atoms with Gasteiger partial charge in [0.15, 0.2) is 0 Å². The summed E-state index contributed by atoms with van der Waals surface area (Å²) >= 11 is 0. The minimum absolute atomic E-state index is 0.0916. The number of hydrogen-bond donors (Lipinski definition) is 3. The number of nitrogens with one attached hydrogen (secondary N) is 3. The number of carbonyl (C=O) groups excluding carboxylic acids is 2. The molecule has 174 valence electrons. The van der Waals surface area contributed by atoms with Crippen LogP contribution in [0.1, 0.15) is 40.0 Å². The topological polar surface area (TPSA) is 96.0 Å². The molecule has 7 nitrogen and oxygen atoms in total. The van der Waals surface area contributed by atoms with E-state index in [0.29, 0.717) is 11.5 Å². The summed E-state index contributed by atoms with van der Waals surface area (Å²) < 4.78 is 0. The molecule has 0 radical (unpaired) electrons. The second-order valence-electron chi connectivity index (χ2n) is 8.65. The van der Waals surface area contributed by atoms with Gasteiger partial charge < -0.3 is 16.0 Å². The summed E-state index contributed by atoms with van der Waals surface area (Å²) in [5, 5.41) is 9.15. The predicted octanol–water partition coefficient (Wildman–Crippen LogP) is 5.18. The molecule has 0 aliphatic carbocycles. The van der Waals surface area contributed by atoms with E-state index in [1.807, 2.05) is 74.5 Å². The molecule has 0 fully saturated rings. The number of rotatable bonds is 5. The first-order valence-corrected chi connectivity index (χ1v) is 11.5. The highest BCUT2D eigenvalue weighted by atomic mass is 16.2. The van der Waals surface area contributed by atoms with Gasteiger partial charge in [0.1, 0.15) is 0 Å². The van der Waals surface area contributed by atoms with Crippen LogP contribution in [0.4, 0.5) is 17.3 Å². The molecule has 3 N–H and O–H groups in total. The van der Waals surface area contributed by atoms with Crippen molar-refractivity contribution in [3.05, 3.63) is 101 Å². The van der Waals surface area contributed by atoms with Gasteiger partial charge in [0.05, 0.1) is 23.8 Å². The Labute approximate surface area is 203 Å². The largest absolute Gasteiger partial charge is 0.346 e. The number of nitrogens with zero attached hydrogens (tertiary/aromatic N) is 2. The molecular weight excluding hydrogens is 438 g/mol. The zero-order valence-electron chi connectivity index (χ0n) is 19.5. The van der Waals surface area contributed by atoms with Crippen LogP contribution in [0.2, 0.25) is 0 Å². The lowest BCUT2D eigenvalue weighted by molar-refractivity contribution is -0.115. The second kappa shape index (κ2) is 9.38. The van der Waals surface area contributed by atoms with Crippen molar-refractivity contribution >= 4 is 29.1 Å². The quantitative estimate of drug-likeness (QED) is 0.379. The Balaban J connectivity index is 1.31. The maximum Gasteiger partial charge on any atom is 0.251 e. The van der Waals surface area contributed by atoms with Crippen LogP contribution in [0, 0.1) is 6.92 Å². The van der Waals surface area contributed by atoms with Crippen molar-refractivity contribution in [2.24, 2.45) is 0 Å². The van der Waals surface area contributed by atoms with Crippen LogP contribution >= 0.6 is 0 Å². The maximum atomic E-state index is 12.7. The number of para-hydroxylation sites is 1. The molecule has 2 heterocycles. The van der Waals surface area contributed by atoms with E-state index in [4.69, 9.17) is 0 Å². The number of anilines is 3. The molecule has 5 rings (SSSR count). The van der Waals surface area contributed by atoms with E-state index in [1.165, 1.54) is 5.56 Å². The highest BCUT2D eigenvalue weighted by molar-refractivity contribution is 6.00. The monoisotopic (exact) mass is 463 g/mol. The molecular formula is C28H25N5O2. The molecule has 1 atom stereocenters. The van der Waals surface area contributed by atoms with E-state index in [0.717, 1.165) is 33.8 Å². The van der Waals surface area contributed by atoms with Crippen molar-refractivity contribution in [3.63, 3.8) is 0 Å². The number of aromatic nitrogens is 2. The van der Waals surface area contributed by atoms with Crippen molar-refractivity contribution in [1.29, 1.82) is 0 Å². The summed E-state index contributed by atoms with van der Waals surface area (Å²) in [6.07, 6.45) is 1.90. The fraction of sp³-hybridized carbons (Fsp3) is 0.143. The molecule has 7 heteroatoms. The third-order valence-electron chi connectivity index (χ3n) is 6.00. The van der Waals surface area contributed by atoms with Crippen LogP contribution in [0.5, 0.6) is 0 Å². The third kappa shape index (κ3) is 4.89. The molecule has 0 saturated carbocycles. The van der Waals surface area contributed by atoms with Crippen molar-refractivity contribution in [1.82, 2.24) is 15.3 Å². The maximum absolute atomic E-state index is 12.7. The predicted molar refractivity (Wildman–Crippen MR) is 137 cm³/mol. The van der Waals surface area contributed by atoms with Gasteiger partial charge in [-0.1, -0.05) is 48.0 Å². The molecule has 1 unspecified atom stereocenters. The summed E-state index contributed by atoms with van der Waals surface area (Å²) in [5.74, 6) is 0.184. The first-order valence-electron chi connectivity index (χ1n) is 11.5. The molecule has 1 aliphatic rings. The first kappa shape index (κ1) is 22.3. The van der Waals surface area contributed by atoms with Gasteiger partial charge >= 0.3 is 0 Å². The molecule has 3 aromatic carbocycles. The molecule has 1 aromatic heterocycles. The summed E-state index contributed by atoms with van der Waals surface area (Å²) in [6, 6.07) is 22.8. The number of carbonyl (C=O) groups is 2. The Hall–Kier alpha value is -4.52. The van der Waals surface area contributed by atoms with Gasteiger partial charge in [0.2, 0.25) is 11.9 Å². The lowest BCUT2D eigenvalue weighted by Crippen LogP contribution is -2.26. The Bertz CT molecular complexity index is 1400. The third-order valence-corrected chi connectivity index (χ3v) is 6.00. The molecule has 35 heavy (non-hydrogen) atoms. The smallest absolute Gasteiger partial charge is 0.251 e. The van der Waals surface area contributed by atoms with Crippen LogP contribution in [0.3, 0.4) is 0 Å². The number of aryl methyl sites for hydroxylation is 1. The van der Waals surface area contributed by atoms with Crippen LogP contribution < -0.4 is 16.0 Å². The molecule has 0 bridgehead atoms. The highest BCUT2D eigenvalue weighted by Gasteiger charge is 2.20. The number of hydrogen-bond acceptors (Lipinski definition) is 5. The van der Waals surface area contributed by atoms with E-state index in [-0.39, 0.29) is 24.3 Å². The van der Waals surface area contributed by atoms with E-state index >= 15 is 0 Å². The van der Waals surface area contributed by atoms with E-state index < -0.39 is 0 Å². The lowest BCUT2D eigenvalue weighted by Gasteiger charge is -2.15. The van der Waals surface area contributed by atoms with Crippen LogP contribution in [0.25, 0.3) is 11.3 Å². The average molecular weight is 464 g/mol. The normalized spacial score (nSPS) is 13.0. The minimum atomic E-state index is -0.139. The average Bonchev–Trinajstić information content (AvgIpc) is 3.00. The van der Waals surface area contributed by atoms with E-state index in [1.54, 1.807) is 18.3 Å². The standard InChI is InChI=1S/C28H25N5O2/c1-17-7-9-19(10-8-17)18(2)30-27(35)20-11-13-22(14-12-20)31-28-29-16-21-15-25(34)32-24-6-4-3-5-23(24)26(21)33-28/h3-14,16,18H,15H2,1-2H3,(H,30,35)(H,32,34)(H,29,31,33). The van der Waals surface area contributed by atoms with Crippen molar-refractivity contribution < 1.29 is 9.59 Å². The van der Waals surface area contributed by atoms with Crippen molar-refractivity contribution in [2.75, 3.05) is 10.6 Å². The Morgan fingerprint density at radius 2 is 1.74 bits per heavy atom. The molecule has 0 saturated heterocycles. The van der Waals surface area contributed by atoms with Gasteiger partial charge in [-0.2, -0.15) is 0 Å². The summed E-state index contributed by atoms with van der Waals surface area (Å²) in [5.41, 5.74) is 6.64. The summed E-state index contributed by atoms with van der Waals surface area (Å²) in [6.45, 7) is 4.01. The van der Waals surface area contributed by atoms with E-state index in [2.05, 4.69) is 25.9 Å². The van der Waals surface area contributed by atoms with Crippen molar-refractivity contribution in [2.45, 2.75) is 26.3 Å². The van der Waals surface area contributed by atoms with Gasteiger partial charge in [0, 0.05) is 28.6 Å². The number of amides is 2.